The number of nitrogens with zero attached hydrogens (tertiary/aromatic N) is 1. The summed E-state index contributed by atoms with van der Waals surface area (Å²) in [5.41, 5.74) is 9.26. The highest BCUT2D eigenvalue weighted by atomic mass is 16.2. The molecule has 2 N–H and O–H groups in total. The minimum absolute atomic E-state index is 0.0110. The quantitative estimate of drug-likeness (QED) is 0.868. The van der Waals surface area contributed by atoms with Gasteiger partial charge in [0.1, 0.15) is 6.04 Å². The zero-order valence-electron chi connectivity index (χ0n) is 11.5. The number of benzene rings is 2. The number of hydrogen-bond donors (Lipinski definition) is 1. The topological polar surface area (TPSA) is 46.3 Å². The normalized spacial score (nSPS) is 21.7. The fourth-order valence-corrected chi connectivity index (χ4v) is 2.70. The number of hydrogen-bond acceptors (Lipinski definition) is 2. The van der Waals surface area contributed by atoms with Gasteiger partial charge in [-0.1, -0.05) is 49.4 Å². The van der Waals surface area contributed by atoms with E-state index in [0.717, 1.165) is 17.7 Å². The molecule has 0 saturated carbocycles. The minimum atomic E-state index is -0.441. The highest BCUT2D eigenvalue weighted by Crippen LogP contribution is 2.37. The van der Waals surface area contributed by atoms with Crippen molar-refractivity contribution in [2.75, 3.05) is 4.90 Å². The molecule has 0 bridgehead atoms. The molecular formula is C17H18N2O. The van der Waals surface area contributed by atoms with Gasteiger partial charge in [0.25, 0.3) is 0 Å². The van der Waals surface area contributed by atoms with Crippen molar-refractivity contribution in [1.29, 1.82) is 0 Å². The molecule has 0 aromatic heterocycles. The first kappa shape index (κ1) is 12.9. The molecule has 20 heavy (non-hydrogen) atoms. The summed E-state index contributed by atoms with van der Waals surface area (Å²) in [5.74, 6) is -0.0110. The molecule has 0 unspecified atom stereocenters. The largest absolute Gasteiger partial charge is 0.318 e. The molecular weight excluding hydrogens is 248 g/mol. The second-order valence-electron chi connectivity index (χ2n) is 5.11. The van der Waals surface area contributed by atoms with E-state index >= 15 is 0 Å². The molecule has 1 amide bonds. The standard InChI is InChI=1S/C17H18N2O/c1-2-12-8-10-14(11-9-12)19-16(15(18)17(19)20)13-6-4-3-5-7-13/h3-11,15-16H,2,18H2,1H3/t15-,16+/m1/s1. The van der Waals surface area contributed by atoms with Crippen molar-refractivity contribution >= 4 is 11.6 Å². The number of β-lactam (4-membered cyclic amide) rings is 1. The van der Waals surface area contributed by atoms with Gasteiger partial charge in [0.2, 0.25) is 5.91 Å². The van der Waals surface area contributed by atoms with E-state index in [1.54, 1.807) is 4.90 Å². The van der Waals surface area contributed by atoms with Crippen LogP contribution in [-0.2, 0) is 11.2 Å². The van der Waals surface area contributed by atoms with Gasteiger partial charge in [0.15, 0.2) is 0 Å². The highest BCUT2D eigenvalue weighted by molar-refractivity contribution is 6.05. The Hall–Kier alpha value is -2.13. The molecule has 2 aromatic rings. The first-order valence-corrected chi connectivity index (χ1v) is 6.95. The predicted octanol–water partition coefficient (Wildman–Crippen LogP) is 2.66. The predicted molar refractivity (Wildman–Crippen MR) is 80.5 cm³/mol. The van der Waals surface area contributed by atoms with Gasteiger partial charge < -0.3 is 10.6 Å². The molecule has 2 aromatic carbocycles. The third-order valence-corrected chi connectivity index (χ3v) is 3.90. The molecule has 0 aliphatic carbocycles. The maximum absolute atomic E-state index is 12.1. The minimum Gasteiger partial charge on any atom is -0.318 e. The van der Waals surface area contributed by atoms with Gasteiger partial charge in [0, 0.05) is 5.69 Å². The van der Waals surface area contributed by atoms with Gasteiger partial charge in [-0.2, -0.15) is 0 Å². The third-order valence-electron chi connectivity index (χ3n) is 3.90. The summed E-state index contributed by atoms with van der Waals surface area (Å²) in [5, 5.41) is 0. The molecule has 1 saturated heterocycles. The van der Waals surface area contributed by atoms with E-state index in [4.69, 9.17) is 5.73 Å². The smallest absolute Gasteiger partial charge is 0.247 e. The van der Waals surface area contributed by atoms with E-state index in [0.29, 0.717) is 0 Å². The van der Waals surface area contributed by atoms with E-state index in [9.17, 15) is 4.79 Å². The van der Waals surface area contributed by atoms with Crippen molar-refractivity contribution < 1.29 is 4.79 Å². The lowest BCUT2D eigenvalue weighted by Gasteiger charge is -2.45. The number of carbonyl (C=O) groups is 1. The van der Waals surface area contributed by atoms with Crippen LogP contribution in [-0.4, -0.2) is 11.9 Å². The van der Waals surface area contributed by atoms with E-state index in [1.165, 1.54) is 5.56 Å². The van der Waals surface area contributed by atoms with Crippen molar-refractivity contribution in [3.05, 3.63) is 65.7 Å². The summed E-state index contributed by atoms with van der Waals surface area (Å²) in [6.45, 7) is 2.12. The Morgan fingerprint density at radius 2 is 1.70 bits per heavy atom. The second kappa shape index (κ2) is 5.10. The molecule has 3 nitrogen and oxygen atoms in total. The highest BCUT2D eigenvalue weighted by Gasteiger charge is 2.46. The van der Waals surface area contributed by atoms with Gasteiger partial charge in [-0.05, 0) is 29.7 Å². The lowest BCUT2D eigenvalue weighted by atomic mass is 9.88. The molecule has 0 radical (unpaired) electrons. The van der Waals surface area contributed by atoms with Crippen molar-refractivity contribution in [3.63, 3.8) is 0 Å². The zero-order chi connectivity index (χ0) is 14.1. The first-order chi connectivity index (χ1) is 9.72. The molecule has 3 heteroatoms. The van der Waals surface area contributed by atoms with Crippen LogP contribution in [0, 0.1) is 0 Å². The Morgan fingerprint density at radius 3 is 2.30 bits per heavy atom. The summed E-state index contributed by atoms with van der Waals surface area (Å²) >= 11 is 0. The molecule has 0 spiro atoms. The Labute approximate surface area is 119 Å². The average molecular weight is 266 g/mol. The summed E-state index contributed by atoms with van der Waals surface area (Å²) in [6.07, 6.45) is 0.996. The Balaban J connectivity index is 1.92. The van der Waals surface area contributed by atoms with Crippen LogP contribution in [0.25, 0.3) is 0 Å². The number of nitrogens with two attached hydrogens (primary N) is 1. The Bertz CT molecular complexity index is 607. The van der Waals surface area contributed by atoms with Crippen LogP contribution in [0.1, 0.15) is 24.1 Å². The summed E-state index contributed by atoms with van der Waals surface area (Å²) < 4.78 is 0. The number of aryl methyl sites for hydroxylation is 1. The molecule has 1 aliphatic heterocycles. The van der Waals surface area contributed by atoms with Crippen LogP contribution in [0.3, 0.4) is 0 Å². The Morgan fingerprint density at radius 1 is 1.05 bits per heavy atom. The maximum atomic E-state index is 12.1. The lowest BCUT2D eigenvalue weighted by Crippen LogP contribution is -2.63. The van der Waals surface area contributed by atoms with Crippen molar-refractivity contribution in [2.45, 2.75) is 25.4 Å². The van der Waals surface area contributed by atoms with E-state index < -0.39 is 6.04 Å². The van der Waals surface area contributed by atoms with Crippen LogP contribution in [0.2, 0.25) is 0 Å². The van der Waals surface area contributed by atoms with Crippen LogP contribution < -0.4 is 10.6 Å². The monoisotopic (exact) mass is 266 g/mol. The number of anilines is 1. The van der Waals surface area contributed by atoms with Crippen LogP contribution in [0.5, 0.6) is 0 Å². The summed E-state index contributed by atoms with van der Waals surface area (Å²) in [4.78, 5) is 13.9. The first-order valence-electron chi connectivity index (χ1n) is 6.95. The lowest BCUT2D eigenvalue weighted by molar-refractivity contribution is -0.126. The zero-order valence-corrected chi connectivity index (χ0v) is 11.5. The second-order valence-corrected chi connectivity index (χ2v) is 5.11. The number of amides is 1. The number of carbonyl (C=O) groups excluding carboxylic acids is 1. The molecule has 1 fully saturated rings. The number of rotatable bonds is 3. The molecule has 3 rings (SSSR count). The van der Waals surface area contributed by atoms with Crippen LogP contribution >= 0.6 is 0 Å². The Kier molecular flexibility index (Phi) is 3.28. The van der Waals surface area contributed by atoms with E-state index in [1.807, 2.05) is 42.5 Å². The van der Waals surface area contributed by atoms with E-state index in [-0.39, 0.29) is 11.9 Å². The molecule has 2 atom stereocenters. The van der Waals surface area contributed by atoms with E-state index in [2.05, 4.69) is 19.1 Å². The average Bonchev–Trinajstić information content (AvgIpc) is 2.52. The molecule has 1 heterocycles. The van der Waals surface area contributed by atoms with Gasteiger partial charge in [-0.25, -0.2) is 0 Å². The SMILES string of the molecule is CCc1ccc(N2C(=O)[C@H](N)[C@@H]2c2ccccc2)cc1. The summed E-state index contributed by atoms with van der Waals surface area (Å²) in [7, 11) is 0. The van der Waals surface area contributed by atoms with Crippen LogP contribution in [0.4, 0.5) is 5.69 Å². The summed E-state index contributed by atoms with van der Waals surface area (Å²) in [6, 6.07) is 17.6. The van der Waals surface area contributed by atoms with Gasteiger partial charge in [-0.15, -0.1) is 0 Å². The molecule has 102 valence electrons. The fraction of sp³-hybridized carbons (Fsp3) is 0.235. The third kappa shape index (κ3) is 2.00. The maximum Gasteiger partial charge on any atom is 0.247 e. The fourth-order valence-electron chi connectivity index (χ4n) is 2.70. The van der Waals surface area contributed by atoms with Gasteiger partial charge in [-0.3, -0.25) is 4.79 Å². The van der Waals surface area contributed by atoms with Crippen molar-refractivity contribution in [1.82, 2.24) is 0 Å². The van der Waals surface area contributed by atoms with Gasteiger partial charge in [0.05, 0.1) is 6.04 Å². The molecule has 1 aliphatic rings. The van der Waals surface area contributed by atoms with Crippen molar-refractivity contribution in [3.8, 4) is 0 Å². The van der Waals surface area contributed by atoms with Crippen LogP contribution in [0.15, 0.2) is 54.6 Å². The van der Waals surface area contributed by atoms with Gasteiger partial charge >= 0.3 is 0 Å². The van der Waals surface area contributed by atoms with Crippen molar-refractivity contribution in [2.24, 2.45) is 5.73 Å².